The second-order valence-corrected chi connectivity index (χ2v) is 6.84. The molecule has 0 radical (unpaired) electrons. The van der Waals surface area contributed by atoms with Gasteiger partial charge < -0.3 is 10.0 Å². The van der Waals surface area contributed by atoms with E-state index < -0.39 is 5.97 Å². The van der Waals surface area contributed by atoms with Crippen LogP contribution in [-0.2, 0) is 4.79 Å². The quantitative estimate of drug-likeness (QED) is 0.815. The van der Waals surface area contributed by atoms with Gasteiger partial charge >= 0.3 is 5.97 Å². The van der Waals surface area contributed by atoms with Crippen LogP contribution in [0.15, 0.2) is 4.34 Å². The Kier molecular flexibility index (Phi) is 5.45. The van der Waals surface area contributed by atoms with Crippen LogP contribution < -0.4 is 4.90 Å². The molecule has 0 amide bonds. The number of piperidine rings is 1. The summed E-state index contributed by atoms with van der Waals surface area (Å²) in [7, 11) is 0. The Balaban J connectivity index is 2.01. The first kappa shape index (κ1) is 14.6. The molecule has 0 spiro atoms. The maximum atomic E-state index is 10.5. The number of carboxylic acid groups (broad SMARTS) is 1. The fourth-order valence-electron chi connectivity index (χ4n) is 2.39. The zero-order valence-corrected chi connectivity index (χ0v) is 12.7. The summed E-state index contributed by atoms with van der Waals surface area (Å²) in [6.45, 7) is 3.25. The Labute approximate surface area is 121 Å². The van der Waals surface area contributed by atoms with E-state index in [9.17, 15) is 4.79 Å². The standard InChI is InChI=1S/C12H19N3O2S2/c1-2-5-9-6-3-4-7-15(9)11-13-14-12(19-11)18-8-10(16)17/h9H,2-8H2,1H3,(H,16,17). The molecule has 1 unspecified atom stereocenters. The van der Waals surface area contributed by atoms with Crippen molar-refractivity contribution in [2.45, 2.75) is 49.4 Å². The van der Waals surface area contributed by atoms with Gasteiger partial charge in [0.2, 0.25) is 5.13 Å². The Hall–Kier alpha value is -0.820. The number of thioether (sulfide) groups is 1. The lowest BCUT2D eigenvalue weighted by molar-refractivity contribution is -0.133. The van der Waals surface area contributed by atoms with E-state index in [1.165, 1.54) is 55.2 Å². The van der Waals surface area contributed by atoms with E-state index in [1.54, 1.807) is 0 Å². The fourth-order valence-corrected chi connectivity index (χ4v) is 4.04. The topological polar surface area (TPSA) is 66.3 Å². The maximum absolute atomic E-state index is 10.5. The number of carbonyl (C=O) groups is 1. The molecule has 1 N–H and O–H groups in total. The van der Waals surface area contributed by atoms with E-state index >= 15 is 0 Å². The molecule has 1 atom stereocenters. The van der Waals surface area contributed by atoms with Crippen LogP contribution in [0.5, 0.6) is 0 Å². The molecule has 7 heteroatoms. The first-order valence-corrected chi connectivity index (χ1v) is 8.45. The van der Waals surface area contributed by atoms with Crippen molar-refractivity contribution < 1.29 is 9.90 Å². The van der Waals surface area contributed by atoms with E-state index in [2.05, 4.69) is 22.0 Å². The molecule has 19 heavy (non-hydrogen) atoms. The summed E-state index contributed by atoms with van der Waals surface area (Å²) >= 11 is 2.76. The summed E-state index contributed by atoms with van der Waals surface area (Å²) in [6, 6.07) is 0.573. The highest BCUT2D eigenvalue weighted by Crippen LogP contribution is 2.32. The number of carboxylic acids is 1. The molecule has 106 valence electrons. The second kappa shape index (κ2) is 7.09. The minimum absolute atomic E-state index is 0.0486. The zero-order valence-electron chi connectivity index (χ0n) is 11.0. The van der Waals surface area contributed by atoms with Crippen molar-refractivity contribution in [2.24, 2.45) is 0 Å². The monoisotopic (exact) mass is 301 g/mol. The van der Waals surface area contributed by atoms with Gasteiger partial charge in [0.1, 0.15) is 0 Å². The molecular weight excluding hydrogens is 282 g/mol. The van der Waals surface area contributed by atoms with Crippen molar-refractivity contribution in [1.82, 2.24) is 10.2 Å². The Morgan fingerprint density at radius 3 is 3.11 bits per heavy atom. The van der Waals surface area contributed by atoms with Gasteiger partial charge in [-0.25, -0.2) is 0 Å². The third-order valence-electron chi connectivity index (χ3n) is 3.21. The lowest BCUT2D eigenvalue weighted by Crippen LogP contribution is -2.39. The molecule has 5 nitrogen and oxygen atoms in total. The Bertz CT molecular complexity index is 423. The van der Waals surface area contributed by atoms with Crippen molar-refractivity contribution in [3.8, 4) is 0 Å². The number of hydrogen-bond acceptors (Lipinski definition) is 6. The van der Waals surface area contributed by atoms with E-state index in [0.29, 0.717) is 6.04 Å². The maximum Gasteiger partial charge on any atom is 0.313 e. The zero-order chi connectivity index (χ0) is 13.7. The van der Waals surface area contributed by atoms with Gasteiger partial charge in [0, 0.05) is 12.6 Å². The summed E-state index contributed by atoms with van der Waals surface area (Å²) < 4.78 is 0.748. The summed E-state index contributed by atoms with van der Waals surface area (Å²) in [5, 5.41) is 17.9. The van der Waals surface area contributed by atoms with Gasteiger partial charge in [0.05, 0.1) is 5.75 Å². The normalized spacial score (nSPS) is 19.6. The van der Waals surface area contributed by atoms with Gasteiger partial charge in [0.25, 0.3) is 0 Å². The first-order valence-electron chi connectivity index (χ1n) is 6.65. The number of rotatable bonds is 6. The number of hydrogen-bond donors (Lipinski definition) is 1. The van der Waals surface area contributed by atoms with Crippen LogP contribution in [0, 0.1) is 0 Å². The molecule has 0 aromatic carbocycles. The molecular formula is C12H19N3O2S2. The van der Waals surface area contributed by atoms with Crippen LogP contribution in [0.2, 0.25) is 0 Å². The predicted molar refractivity (Wildman–Crippen MR) is 78.2 cm³/mol. The molecule has 1 saturated heterocycles. The van der Waals surface area contributed by atoms with Crippen molar-refractivity contribution in [3.63, 3.8) is 0 Å². The molecule has 2 rings (SSSR count). The van der Waals surface area contributed by atoms with E-state index in [-0.39, 0.29) is 5.75 Å². The Morgan fingerprint density at radius 1 is 1.53 bits per heavy atom. The van der Waals surface area contributed by atoms with E-state index in [4.69, 9.17) is 5.11 Å². The number of aromatic nitrogens is 2. The number of nitrogens with zero attached hydrogens (tertiary/aromatic N) is 3. The lowest BCUT2D eigenvalue weighted by Gasteiger charge is -2.35. The van der Waals surface area contributed by atoms with E-state index in [1.807, 2.05) is 0 Å². The van der Waals surface area contributed by atoms with Crippen LogP contribution in [-0.4, -0.2) is 39.6 Å². The van der Waals surface area contributed by atoms with Gasteiger partial charge in [-0.05, 0) is 25.7 Å². The van der Waals surface area contributed by atoms with Gasteiger partial charge in [-0.3, -0.25) is 4.79 Å². The van der Waals surface area contributed by atoms with Gasteiger partial charge in [-0.1, -0.05) is 36.4 Å². The van der Waals surface area contributed by atoms with Crippen molar-refractivity contribution >= 4 is 34.2 Å². The van der Waals surface area contributed by atoms with Crippen molar-refractivity contribution in [3.05, 3.63) is 0 Å². The van der Waals surface area contributed by atoms with Crippen LogP contribution >= 0.6 is 23.1 Å². The summed E-state index contributed by atoms with van der Waals surface area (Å²) in [5.74, 6) is -0.767. The van der Waals surface area contributed by atoms with Gasteiger partial charge in [-0.2, -0.15) is 0 Å². The summed E-state index contributed by atoms with van der Waals surface area (Å²) in [6.07, 6.45) is 6.10. The SMILES string of the molecule is CCCC1CCCCN1c1nnc(SCC(=O)O)s1. The molecule has 1 aromatic heterocycles. The van der Waals surface area contributed by atoms with Crippen LogP contribution in [0.3, 0.4) is 0 Å². The highest BCUT2D eigenvalue weighted by Gasteiger charge is 2.24. The largest absolute Gasteiger partial charge is 0.481 e. The average Bonchev–Trinajstić information content (AvgIpc) is 2.86. The molecule has 1 aliphatic rings. The lowest BCUT2D eigenvalue weighted by atomic mass is 9.99. The molecule has 1 aliphatic heterocycles. The fraction of sp³-hybridized carbons (Fsp3) is 0.750. The highest BCUT2D eigenvalue weighted by atomic mass is 32.2. The molecule has 2 heterocycles. The molecule has 1 aromatic rings. The molecule has 0 bridgehead atoms. The van der Waals surface area contributed by atoms with Crippen LogP contribution in [0.4, 0.5) is 5.13 Å². The Morgan fingerprint density at radius 2 is 2.37 bits per heavy atom. The van der Waals surface area contributed by atoms with Crippen LogP contribution in [0.25, 0.3) is 0 Å². The summed E-state index contributed by atoms with van der Waals surface area (Å²) in [4.78, 5) is 12.9. The minimum atomic E-state index is -0.816. The smallest absolute Gasteiger partial charge is 0.313 e. The van der Waals surface area contributed by atoms with Crippen molar-refractivity contribution in [1.29, 1.82) is 0 Å². The highest BCUT2D eigenvalue weighted by molar-refractivity contribution is 8.01. The van der Waals surface area contributed by atoms with Crippen molar-refractivity contribution in [2.75, 3.05) is 17.2 Å². The first-order chi connectivity index (χ1) is 9.20. The van der Waals surface area contributed by atoms with Gasteiger partial charge in [0.15, 0.2) is 4.34 Å². The second-order valence-electron chi connectivity index (χ2n) is 4.66. The van der Waals surface area contributed by atoms with Gasteiger partial charge in [-0.15, -0.1) is 10.2 Å². The third-order valence-corrected chi connectivity index (χ3v) is 5.29. The van der Waals surface area contributed by atoms with Crippen LogP contribution in [0.1, 0.15) is 39.0 Å². The predicted octanol–water partition coefficient (Wildman–Crippen LogP) is 2.87. The molecule has 0 saturated carbocycles. The minimum Gasteiger partial charge on any atom is -0.481 e. The molecule has 1 fully saturated rings. The summed E-state index contributed by atoms with van der Waals surface area (Å²) in [5.41, 5.74) is 0. The average molecular weight is 301 g/mol. The molecule has 0 aliphatic carbocycles. The number of aliphatic carboxylic acids is 1. The third kappa shape index (κ3) is 4.07. The van der Waals surface area contributed by atoms with E-state index in [0.717, 1.165) is 16.0 Å². The number of anilines is 1.